The molecule has 1 fully saturated rings. The van der Waals surface area contributed by atoms with Gasteiger partial charge in [0.2, 0.25) is 0 Å². The van der Waals surface area contributed by atoms with Crippen LogP contribution in [0.3, 0.4) is 0 Å². The number of aryl methyl sites for hydroxylation is 1. The van der Waals surface area contributed by atoms with Gasteiger partial charge in [-0.2, -0.15) is 10.2 Å². The van der Waals surface area contributed by atoms with Crippen LogP contribution in [-0.2, 0) is 14.9 Å². The van der Waals surface area contributed by atoms with Crippen LogP contribution in [0.2, 0.25) is 0 Å². The Hall–Kier alpha value is -3.32. The minimum Gasteiger partial charge on any atom is -0.379 e. The summed E-state index contributed by atoms with van der Waals surface area (Å²) in [7, 11) is 0. The largest absolute Gasteiger partial charge is 0.379 e. The number of rotatable bonds is 3. The van der Waals surface area contributed by atoms with E-state index in [4.69, 9.17) is 4.74 Å². The molecule has 34 heavy (non-hydrogen) atoms. The van der Waals surface area contributed by atoms with E-state index in [9.17, 15) is 4.79 Å². The molecule has 174 valence electrons. The minimum absolute atomic E-state index is 0.0159. The van der Waals surface area contributed by atoms with Crippen molar-refractivity contribution in [2.24, 2.45) is 10.2 Å². The molecular formula is C27H29N5O2. The highest BCUT2D eigenvalue weighted by Gasteiger charge is 2.54. The van der Waals surface area contributed by atoms with E-state index in [2.05, 4.69) is 64.0 Å². The van der Waals surface area contributed by atoms with Crippen LogP contribution in [-0.4, -0.2) is 35.8 Å². The molecule has 2 N–H and O–H groups in total. The zero-order chi connectivity index (χ0) is 23.3. The number of hydrogen-bond acceptors (Lipinski definition) is 6. The van der Waals surface area contributed by atoms with Gasteiger partial charge in [-0.05, 0) is 60.6 Å². The standard InChI is InChI=1S/C27H29N5O2/c1-3-27(19-7-4-6-18(12-19)20-8-10-28-14-17(20)2)21-15-29-32-24(21)30-22-13-26(9-5-11-34-16-26)31-25(33)23(22)27/h4,6-8,10,12,14-15,24,30H,3,5,9,11,13,16H2,1-2H3,(H,31,33)/t24?,26-,27-/m0/s1. The lowest BCUT2D eigenvalue weighted by Gasteiger charge is -2.50. The van der Waals surface area contributed by atoms with E-state index in [1.165, 1.54) is 0 Å². The third-order valence-electron chi connectivity index (χ3n) is 7.87. The number of benzene rings is 1. The van der Waals surface area contributed by atoms with E-state index in [0.29, 0.717) is 6.61 Å². The Balaban J connectivity index is 1.53. The molecule has 1 unspecified atom stereocenters. The maximum atomic E-state index is 13.9. The van der Waals surface area contributed by atoms with Crippen LogP contribution in [0.25, 0.3) is 11.1 Å². The molecule has 1 saturated heterocycles. The van der Waals surface area contributed by atoms with Crippen molar-refractivity contribution in [2.75, 3.05) is 13.2 Å². The minimum atomic E-state index is -0.604. The number of fused-ring (bicyclic) bond motifs is 1. The molecule has 7 nitrogen and oxygen atoms in total. The number of pyridine rings is 1. The number of carbonyl (C=O) groups is 1. The van der Waals surface area contributed by atoms with Crippen molar-refractivity contribution in [2.45, 2.75) is 56.7 Å². The van der Waals surface area contributed by atoms with E-state index in [-0.39, 0.29) is 17.6 Å². The van der Waals surface area contributed by atoms with Gasteiger partial charge in [0.15, 0.2) is 6.17 Å². The molecule has 5 heterocycles. The van der Waals surface area contributed by atoms with Crippen LogP contribution in [0.15, 0.2) is 76.0 Å². The van der Waals surface area contributed by atoms with Gasteiger partial charge >= 0.3 is 0 Å². The first-order chi connectivity index (χ1) is 16.6. The smallest absolute Gasteiger partial charge is 0.250 e. The average Bonchev–Trinajstić information content (AvgIpc) is 3.32. The fourth-order valence-corrected chi connectivity index (χ4v) is 6.28. The monoisotopic (exact) mass is 455 g/mol. The Morgan fingerprint density at radius 3 is 2.97 bits per heavy atom. The predicted octanol–water partition coefficient (Wildman–Crippen LogP) is 4.31. The first kappa shape index (κ1) is 21.2. The molecule has 0 bridgehead atoms. The number of hydrogen-bond donors (Lipinski definition) is 2. The van der Waals surface area contributed by atoms with E-state index >= 15 is 0 Å². The summed E-state index contributed by atoms with van der Waals surface area (Å²) in [6.45, 7) is 5.52. The van der Waals surface area contributed by atoms with Gasteiger partial charge in [-0.1, -0.05) is 25.1 Å². The molecular weight excluding hydrogens is 426 g/mol. The van der Waals surface area contributed by atoms with Crippen molar-refractivity contribution in [1.29, 1.82) is 0 Å². The van der Waals surface area contributed by atoms with Gasteiger partial charge in [-0.3, -0.25) is 9.78 Å². The normalized spacial score (nSPS) is 29.9. The van der Waals surface area contributed by atoms with Gasteiger partial charge in [0.05, 0.1) is 29.3 Å². The lowest BCUT2D eigenvalue weighted by atomic mass is 9.61. The van der Waals surface area contributed by atoms with Crippen LogP contribution < -0.4 is 10.6 Å². The second-order valence-electron chi connectivity index (χ2n) is 9.81. The summed E-state index contributed by atoms with van der Waals surface area (Å²) in [5, 5.41) is 15.7. The molecule has 1 spiro atoms. The highest BCUT2D eigenvalue weighted by molar-refractivity contribution is 6.00. The van der Waals surface area contributed by atoms with Crippen LogP contribution in [0, 0.1) is 6.92 Å². The van der Waals surface area contributed by atoms with E-state index < -0.39 is 5.41 Å². The Morgan fingerprint density at radius 1 is 1.26 bits per heavy atom. The summed E-state index contributed by atoms with van der Waals surface area (Å²) in [4.78, 5) is 18.1. The lowest BCUT2D eigenvalue weighted by Crippen LogP contribution is -2.62. The highest BCUT2D eigenvalue weighted by atomic mass is 16.5. The molecule has 0 aliphatic carbocycles. The summed E-state index contributed by atoms with van der Waals surface area (Å²) < 4.78 is 5.79. The predicted molar refractivity (Wildman–Crippen MR) is 129 cm³/mol. The number of ether oxygens (including phenoxy) is 1. The molecule has 2 aromatic rings. The molecule has 1 aromatic carbocycles. The summed E-state index contributed by atoms with van der Waals surface area (Å²) >= 11 is 0. The Kier molecular flexibility index (Phi) is 4.92. The number of amides is 1. The van der Waals surface area contributed by atoms with Crippen molar-refractivity contribution >= 4 is 5.91 Å². The summed E-state index contributed by atoms with van der Waals surface area (Å²) in [6, 6.07) is 10.6. The lowest BCUT2D eigenvalue weighted by molar-refractivity contribution is -0.123. The SMILES string of the molecule is CC[C@]1(c2cccc(-c3ccncc3C)c2)C2=CN=NC2NC2=C1C(=O)N[C@@]1(CCCOC1)C2. The fraction of sp³-hybridized carbons (Fsp3) is 0.407. The second kappa shape index (κ2) is 7.87. The maximum absolute atomic E-state index is 13.9. The molecule has 6 rings (SSSR count). The van der Waals surface area contributed by atoms with E-state index in [0.717, 1.165) is 71.4 Å². The summed E-state index contributed by atoms with van der Waals surface area (Å²) in [5.74, 6) is -0.0159. The number of carbonyl (C=O) groups excluding carboxylic acids is 1. The summed E-state index contributed by atoms with van der Waals surface area (Å²) in [5.41, 5.74) is 6.31. The van der Waals surface area contributed by atoms with Crippen LogP contribution in [0.4, 0.5) is 0 Å². The van der Waals surface area contributed by atoms with E-state index in [1.54, 1.807) is 0 Å². The number of aromatic nitrogens is 1. The van der Waals surface area contributed by atoms with Gasteiger partial charge in [0.1, 0.15) is 0 Å². The molecule has 1 aromatic heterocycles. The molecule has 0 radical (unpaired) electrons. The zero-order valence-electron chi connectivity index (χ0n) is 19.6. The number of nitrogens with zero attached hydrogens (tertiary/aromatic N) is 3. The zero-order valence-corrected chi connectivity index (χ0v) is 19.6. The van der Waals surface area contributed by atoms with Gasteiger partial charge in [0, 0.05) is 36.7 Å². The second-order valence-corrected chi connectivity index (χ2v) is 9.81. The van der Waals surface area contributed by atoms with Crippen molar-refractivity contribution in [3.05, 3.63) is 76.9 Å². The van der Waals surface area contributed by atoms with Crippen molar-refractivity contribution in [3.63, 3.8) is 0 Å². The third-order valence-corrected chi connectivity index (χ3v) is 7.87. The Labute approximate surface area is 199 Å². The maximum Gasteiger partial charge on any atom is 0.250 e. The van der Waals surface area contributed by atoms with Crippen molar-refractivity contribution < 1.29 is 9.53 Å². The van der Waals surface area contributed by atoms with Crippen molar-refractivity contribution in [1.82, 2.24) is 15.6 Å². The topological polar surface area (TPSA) is 88.0 Å². The average molecular weight is 456 g/mol. The molecule has 1 amide bonds. The first-order valence-corrected chi connectivity index (χ1v) is 12.1. The van der Waals surface area contributed by atoms with Crippen molar-refractivity contribution in [3.8, 4) is 11.1 Å². The fourth-order valence-electron chi connectivity index (χ4n) is 6.28. The Bertz CT molecular complexity index is 1260. The summed E-state index contributed by atoms with van der Waals surface area (Å²) in [6.07, 6.45) is 8.62. The Morgan fingerprint density at radius 2 is 2.18 bits per heavy atom. The quantitative estimate of drug-likeness (QED) is 0.722. The van der Waals surface area contributed by atoms with Gasteiger partial charge in [-0.15, -0.1) is 0 Å². The van der Waals surface area contributed by atoms with Crippen LogP contribution in [0.5, 0.6) is 0 Å². The van der Waals surface area contributed by atoms with Crippen LogP contribution in [0.1, 0.15) is 43.7 Å². The van der Waals surface area contributed by atoms with Gasteiger partial charge in [0.25, 0.3) is 5.91 Å². The molecule has 3 atom stereocenters. The van der Waals surface area contributed by atoms with E-state index in [1.807, 2.05) is 24.7 Å². The third kappa shape index (κ3) is 3.06. The molecule has 4 aliphatic heterocycles. The van der Waals surface area contributed by atoms with Gasteiger partial charge in [-0.25, -0.2) is 0 Å². The molecule has 0 saturated carbocycles. The van der Waals surface area contributed by atoms with Gasteiger partial charge < -0.3 is 15.4 Å². The highest BCUT2D eigenvalue weighted by Crippen LogP contribution is 2.52. The molecule has 7 heteroatoms. The number of azo groups is 1. The number of nitrogens with one attached hydrogen (secondary N) is 2. The van der Waals surface area contributed by atoms with Crippen LogP contribution >= 0.6 is 0 Å². The first-order valence-electron chi connectivity index (χ1n) is 12.1. The molecule has 4 aliphatic rings.